The average Bonchev–Trinajstić information content (AvgIpc) is 3.01. The normalized spacial score (nSPS) is 27.7. The quantitative estimate of drug-likeness (QED) is 0.860. The zero-order valence-electron chi connectivity index (χ0n) is 13.2. The highest BCUT2D eigenvalue weighted by Crippen LogP contribution is 2.29. The van der Waals surface area contributed by atoms with Gasteiger partial charge in [-0.15, -0.1) is 12.4 Å². The molecule has 0 bridgehead atoms. The van der Waals surface area contributed by atoms with Crippen molar-refractivity contribution in [3.63, 3.8) is 0 Å². The van der Waals surface area contributed by atoms with Gasteiger partial charge in [-0.2, -0.15) is 0 Å². The van der Waals surface area contributed by atoms with Crippen LogP contribution in [0.4, 0.5) is 8.78 Å². The Bertz CT molecular complexity index is 497. The van der Waals surface area contributed by atoms with Crippen LogP contribution in [0, 0.1) is 17.6 Å². The second-order valence-corrected chi connectivity index (χ2v) is 6.25. The number of benzene rings is 1. The van der Waals surface area contributed by atoms with Crippen LogP contribution in [0.3, 0.4) is 0 Å². The first kappa shape index (κ1) is 18.6. The van der Waals surface area contributed by atoms with E-state index < -0.39 is 11.6 Å². The second kappa shape index (κ2) is 8.92. The molecule has 23 heavy (non-hydrogen) atoms. The first-order valence-electron chi connectivity index (χ1n) is 8.23. The lowest BCUT2D eigenvalue weighted by Gasteiger charge is -2.33. The van der Waals surface area contributed by atoms with Crippen molar-refractivity contribution in [2.45, 2.75) is 37.8 Å². The molecule has 1 saturated carbocycles. The number of rotatable bonds is 5. The number of nitrogens with one attached hydrogen (secondary N) is 2. The van der Waals surface area contributed by atoms with Crippen LogP contribution in [0.5, 0.6) is 0 Å². The maximum absolute atomic E-state index is 13.6. The molecule has 3 atom stereocenters. The summed E-state index contributed by atoms with van der Waals surface area (Å²) in [6, 6.07) is 5.24. The molecule has 3 rings (SSSR count). The lowest BCUT2D eigenvalue weighted by molar-refractivity contribution is 0.0526. The van der Waals surface area contributed by atoms with Gasteiger partial charge < -0.3 is 15.4 Å². The van der Waals surface area contributed by atoms with Crippen molar-refractivity contribution in [3.05, 3.63) is 35.4 Å². The summed E-state index contributed by atoms with van der Waals surface area (Å²) in [6.45, 7) is 3.17. The highest BCUT2D eigenvalue weighted by atomic mass is 35.5. The predicted octanol–water partition coefficient (Wildman–Crippen LogP) is 2.68. The van der Waals surface area contributed by atoms with Gasteiger partial charge in [0.2, 0.25) is 0 Å². The Hall–Kier alpha value is -0.750. The number of hydrogen-bond acceptors (Lipinski definition) is 3. The minimum Gasteiger partial charge on any atom is -0.379 e. The molecule has 130 valence electrons. The zero-order valence-corrected chi connectivity index (χ0v) is 14.0. The Labute approximate surface area is 142 Å². The molecule has 1 heterocycles. The summed E-state index contributed by atoms with van der Waals surface area (Å²) >= 11 is 0. The van der Waals surface area contributed by atoms with E-state index in [1.807, 2.05) is 0 Å². The van der Waals surface area contributed by atoms with E-state index in [1.54, 1.807) is 12.1 Å². The number of ether oxygens (including phenoxy) is 1. The van der Waals surface area contributed by atoms with Crippen LogP contribution < -0.4 is 10.6 Å². The summed E-state index contributed by atoms with van der Waals surface area (Å²) < 4.78 is 32.4. The fourth-order valence-corrected chi connectivity index (χ4v) is 3.72. The van der Waals surface area contributed by atoms with Gasteiger partial charge in [0.1, 0.15) is 0 Å². The molecule has 1 saturated heterocycles. The van der Waals surface area contributed by atoms with E-state index in [-0.39, 0.29) is 12.4 Å². The van der Waals surface area contributed by atoms with Crippen LogP contribution in [0.1, 0.15) is 24.8 Å². The second-order valence-electron chi connectivity index (χ2n) is 6.25. The lowest BCUT2D eigenvalue weighted by Crippen LogP contribution is -2.51. The van der Waals surface area contributed by atoms with E-state index in [1.165, 1.54) is 12.8 Å². The summed E-state index contributed by atoms with van der Waals surface area (Å²) in [5.74, 6) is -0.910. The van der Waals surface area contributed by atoms with Gasteiger partial charge in [0, 0.05) is 18.6 Å². The fourth-order valence-electron chi connectivity index (χ4n) is 3.72. The maximum Gasteiger partial charge on any atom is 0.162 e. The molecule has 3 nitrogen and oxygen atoms in total. The van der Waals surface area contributed by atoms with E-state index in [4.69, 9.17) is 4.74 Å². The number of morpholine rings is 1. The summed E-state index contributed by atoms with van der Waals surface area (Å²) in [4.78, 5) is 0. The number of halogens is 3. The Kier molecular flexibility index (Phi) is 7.21. The van der Waals surface area contributed by atoms with E-state index in [0.29, 0.717) is 36.5 Å². The maximum atomic E-state index is 13.6. The molecule has 2 N–H and O–H groups in total. The minimum atomic E-state index is -0.764. The van der Waals surface area contributed by atoms with Crippen LogP contribution in [0.15, 0.2) is 18.2 Å². The Balaban J connectivity index is 0.00000192. The Morgan fingerprint density at radius 1 is 1.26 bits per heavy atom. The van der Waals surface area contributed by atoms with Gasteiger partial charge in [0.05, 0.1) is 13.2 Å². The predicted molar refractivity (Wildman–Crippen MR) is 89.1 cm³/mol. The van der Waals surface area contributed by atoms with Crippen molar-refractivity contribution in [2.75, 3.05) is 26.3 Å². The molecule has 2 aliphatic rings. The molecule has 1 aliphatic heterocycles. The highest BCUT2D eigenvalue weighted by molar-refractivity contribution is 5.85. The topological polar surface area (TPSA) is 33.3 Å². The van der Waals surface area contributed by atoms with Gasteiger partial charge in [-0.3, -0.25) is 0 Å². The van der Waals surface area contributed by atoms with Crippen LogP contribution in [-0.4, -0.2) is 38.4 Å². The SMILES string of the molecule is Cl.Fc1cccc(CCNC2CCCC2C2COCCN2)c1F. The first-order valence-corrected chi connectivity index (χ1v) is 8.23. The fraction of sp³-hybridized carbons (Fsp3) is 0.647. The number of hydrogen-bond donors (Lipinski definition) is 2. The third kappa shape index (κ3) is 4.63. The third-order valence-corrected chi connectivity index (χ3v) is 4.87. The third-order valence-electron chi connectivity index (χ3n) is 4.87. The van der Waals surface area contributed by atoms with Gasteiger partial charge in [-0.25, -0.2) is 8.78 Å². The van der Waals surface area contributed by atoms with E-state index >= 15 is 0 Å². The van der Waals surface area contributed by atoms with Crippen LogP contribution >= 0.6 is 12.4 Å². The first-order chi connectivity index (χ1) is 10.8. The minimum absolute atomic E-state index is 0. The van der Waals surface area contributed by atoms with Gasteiger partial charge >= 0.3 is 0 Å². The Morgan fingerprint density at radius 3 is 2.91 bits per heavy atom. The van der Waals surface area contributed by atoms with E-state index in [0.717, 1.165) is 32.2 Å². The molecule has 1 aromatic rings. The van der Waals surface area contributed by atoms with Crippen LogP contribution in [0.25, 0.3) is 0 Å². The molecule has 0 amide bonds. The van der Waals surface area contributed by atoms with Crippen molar-refractivity contribution in [1.82, 2.24) is 10.6 Å². The zero-order chi connectivity index (χ0) is 15.4. The Morgan fingerprint density at radius 2 is 2.13 bits per heavy atom. The van der Waals surface area contributed by atoms with Crippen molar-refractivity contribution < 1.29 is 13.5 Å². The molecule has 6 heteroatoms. The van der Waals surface area contributed by atoms with Gasteiger partial charge in [-0.1, -0.05) is 18.6 Å². The van der Waals surface area contributed by atoms with Crippen molar-refractivity contribution in [1.29, 1.82) is 0 Å². The molecule has 0 spiro atoms. The molecule has 0 aromatic heterocycles. The molecule has 3 unspecified atom stereocenters. The van der Waals surface area contributed by atoms with Crippen LogP contribution in [0.2, 0.25) is 0 Å². The molecule has 1 aliphatic carbocycles. The average molecular weight is 347 g/mol. The smallest absolute Gasteiger partial charge is 0.162 e. The van der Waals surface area contributed by atoms with Gasteiger partial charge in [-0.05, 0) is 43.4 Å². The van der Waals surface area contributed by atoms with Crippen molar-refractivity contribution in [2.24, 2.45) is 5.92 Å². The standard InChI is InChI=1S/C17H24F2N2O.ClH/c18-14-5-1-3-12(17(14)19)7-8-20-15-6-2-4-13(15)16-11-22-10-9-21-16;/h1,3,5,13,15-16,20-21H,2,4,6-11H2;1H. The summed E-state index contributed by atoms with van der Waals surface area (Å²) in [5, 5.41) is 7.08. The molecular formula is C17H25ClF2N2O. The van der Waals surface area contributed by atoms with E-state index in [2.05, 4.69) is 10.6 Å². The van der Waals surface area contributed by atoms with Gasteiger partial charge in [0.15, 0.2) is 11.6 Å². The summed E-state index contributed by atoms with van der Waals surface area (Å²) in [7, 11) is 0. The largest absolute Gasteiger partial charge is 0.379 e. The van der Waals surface area contributed by atoms with Crippen molar-refractivity contribution in [3.8, 4) is 0 Å². The summed E-state index contributed by atoms with van der Waals surface area (Å²) in [5.41, 5.74) is 0.446. The van der Waals surface area contributed by atoms with E-state index in [9.17, 15) is 8.78 Å². The summed E-state index contributed by atoms with van der Waals surface area (Å²) in [6.07, 6.45) is 4.08. The monoisotopic (exact) mass is 346 g/mol. The van der Waals surface area contributed by atoms with Gasteiger partial charge in [0.25, 0.3) is 0 Å². The molecule has 2 fully saturated rings. The molecule has 1 aromatic carbocycles. The lowest BCUT2D eigenvalue weighted by atomic mass is 9.94. The molecular weight excluding hydrogens is 322 g/mol. The highest BCUT2D eigenvalue weighted by Gasteiger charge is 2.34. The van der Waals surface area contributed by atoms with Crippen molar-refractivity contribution >= 4 is 12.4 Å². The van der Waals surface area contributed by atoms with Crippen LogP contribution in [-0.2, 0) is 11.2 Å². The molecule has 0 radical (unpaired) electrons.